The van der Waals surface area contributed by atoms with Crippen molar-refractivity contribution < 1.29 is 13.9 Å². The molecule has 1 N–H and O–H groups in total. The van der Waals surface area contributed by atoms with Crippen molar-refractivity contribution in [2.45, 2.75) is 32.4 Å². The Labute approximate surface area is 163 Å². The van der Waals surface area contributed by atoms with Gasteiger partial charge in [-0.1, -0.05) is 36.4 Å². The highest BCUT2D eigenvalue weighted by Gasteiger charge is 2.32. The van der Waals surface area contributed by atoms with E-state index < -0.39 is 5.82 Å². The normalized spacial score (nSPS) is 16.4. The van der Waals surface area contributed by atoms with Gasteiger partial charge < -0.3 is 9.64 Å². The van der Waals surface area contributed by atoms with Gasteiger partial charge in [0, 0.05) is 6.54 Å². The average molecular weight is 379 g/mol. The van der Waals surface area contributed by atoms with Crippen molar-refractivity contribution in [3.05, 3.63) is 82.9 Å². The summed E-state index contributed by atoms with van der Waals surface area (Å²) in [5.41, 5.74) is 3.35. The standard InChI is InChI=1S/C22H22FN3O2/c1-15-7-2-3-8-17(15)20-10-6-12-26(20)22(27)19-13-16(24-25-19)14-28-21-11-5-4-9-18(21)23/h2-5,7-9,11,13,20H,6,10,12,14H2,1H3,(H,24,25)/t20-/m0/s1. The second-order valence-electron chi connectivity index (χ2n) is 7.01. The molecule has 0 unspecified atom stereocenters. The summed E-state index contributed by atoms with van der Waals surface area (Å²) in [7, 11) is 0. The summed E-state index contributed by atoms with van der Waals surface area (Å²) < 4.78 is 19.1. The molecule has 2 aromatic carbocycles. The third-order valence-corrected chi connectivity index (χ3v) is 5.13. The first-order valence-corrected chi connectivity index (χ1v) is 9.41. The first kappa shape index (κ1) is 18.2. The molecule has 1 aliphatic heterocycles. The van der Waals surface area contributed by atoms with Gasteiger partial charge in [0.1, 0.15) is 6.61 Å². The second kappa shape index (κ2) is 7.84. The maximum Gasteiger partial charge on any atom is 0.274 e. The molecule has 1 aliphatic rings. The van der Waals surface area contributed by atoms with Crippen LogP contribution in [0, 0.1) is 12.7 Å². The van der Waals surface area contributed by atoms with Gasteiger partial charge in [-0.25, -0.2) is 4.39 Å². The molecule has 4 rings (SSSR count). The SMILES string of the molecule is Cc1ccccc1[C@@H]1CCCN1C(=O)c1cc(COc2ccccc2F)[nH]n1. The molecule has 0 spiro atoms. The van der Waals surface area contributed by atoms with Crippen molar-refractivity contribution in [3.63, 3.8) is 0 Å². The van der Waals surface area contributed by atoms with Crippen LogP contribution in [0.4, 0.5) is 4.39 Å². The van der Waals surface area contributed by atoms with E-state index in [1.165, 1.54) is 17.2 Å². The van der Waals surface area contributed by atoms with E-state index >= 15 is 0 Å². The predicted molar refractivity (Wildman–Crippen MR) is 104 cm³/mol. The highest BCUT2D eigenvalue weighted by molar-refractivity contribution is 5.93. The number of hydrogen-bond acceptors (Lipinski definition) is 3. The summed E-state index contributed by atoms with van der Waals surface area (Å²) >= 11 is 0. The van der Waals surface area contributed by atoms with E-state index in [0.717, 1.165) is 12.8 Å². The Balaban J connectivity index is 1.46. The van der Waals surface area contributed by atoms with E-state index in [2.05, 4.69) is 29.3 Å². The van der Waals surface area contributed by atoms with Gasteiger partial charge >= 0.3 is 0 Å². The molecule has 1 saturated heterocycles. The van der Waals surface area contributed by atoms with Crippen LogP contribution in [-0.4, -0.2) is 27.5 Å². The number of aryl methyl sites for hydroxylation is 1. The van der Waals surface area contributed by atoms with Crippen LogP contribution in [0.15, 0.2) is 54.6 Å². The molecule has 3 aromatic rings. The molecule has 5 nitrogen and oxygen atoms in total. The van der Waals surface area contributed by atoms with Crippen LogP contribution in [0.1, 0.15) is 46.2 Å². The summed E-state index contributed by atoms with van der Waals surface area (Å²) in [6.07, 6.45) is 1.92. The van der Waals surface area contributed by atoms with Crippen molar-refractivity contribution in [1.82, 2.24) is 15.1 Å². The second-order valence-corrected chi connectivity index (χ2v) is 7.01. The number of amides is 1. The van der Waals surface area contributed by atoms with Crippen LogP contribution in [0.5, 0.6) is 5.75 Å². The molecule has 1 fully saturated rings. The third-order valence-electron chi connectivity index (χ3n) is 5.13. The Bertz CT molecular complexity index is 985. The number of hydrogen-bond donors (Lipinski definition) is 1. The minimum absolute atomic E-state index is 0.0727. The lowest BCUT2D eigenvalue weighted by Gasteiger charge is -2.25. The molecule has 1 amide bonds. The Morgan fingerprint density at radius 3 is 2.86 bits per heavy atom. The minimum Gasteiger partial charge on any atom is -0.484 e. The zero-order chi connectivity index (χ0) is 19.5. The fraction of sp³-hybridized carbons (Fsp3) is 0.273. The molecule has 0 bridgehead atoms. The summed E-state index contributed by atoms with van der Waals surface area (Å²) in [5.74, 6) is -0.347. The number of aromatic amines is 1. The largest absolute Gasteiger partial charge is 0.484 e. The smallest absolute Gasteiger partial charge is 0.274 e. The molecule has 2 heterocycles. The molecule has 28 heavy (non-hydrogen) atoms. The zero-order valence-corrected chi connectivity index (χ0v) is 15.7. The molecule has 144 valence electrons. The van der Waals surface area contributed by atoms with Gasteiger partial charge in [-0.2, -0.15) is 5.10 Å². The maximum absolute atomic E-state index is 13.7. The van der Waals surface area contributed by atoms with Crippen LogP contribution in [-0.2, 0) is 6.61 Å². The van der Waals surface area contributed by atoms with Gasteiger partial charge in [-0.05, 0) is 49.1 Å². The lowest BCUT2D eigenvalue weighted by Crippen LogP contribution is -2.31. The number of carbonyl (C=O) groups excluding carboxylic acids is 1. The lowest BCUT2D eigenvalue weighted by molar-refractivity contribution is 0.0729. The fourth-order valence-corrected chi connectivity index (χ4v) is 3.70. The van der Waals surface area contributed by atoms with Crippen molar-refractivity contribution in [1.29, 1.82) is 0 Å². The van der Waals surface area contributed by atoms with Gasteiger partial charge in [0.05, 0.1) is 11.7 Å². The number of rotatable bonds is 5. The van der Waals surface area contributed by atoms with Crippen LogP contribution in [0.25, 0.3) is 0 Å². The first-order chi connectivity index (χ1) is 13.6. The number of likely N-dealkylation sites (tertiary alicyclic amines) is 1. The monoisotopic (exact) mass is 379 g/mol. The Kier molecular flexibility index (Phi) is 5.10. The number of nitrogens with one attached hydrogen (secondary N) is 1. The number of ether oxygens (including phenoxy) is 1. The first-order valence-electron chi connectivity index (χ1n) is 9.41. The van der Waals surface area contributed by atoms with E-state index in [9.17, 15) is 9.18 Å². The molecule has 1 atom stereocenters. The zero-order valence-electron chi connectivity index (χ0n) is 15.7. The maximum atomic E-state index is 13.7. The minimum atomic E-state index is -0.420. The topological polar surface area (TPSA) is 58.2 Å². The number of nitrogens with zero attached hydrogens (tertiary/aromatic N) is 2. The number of H-pyrrole nitrogens is 1. The number of aromatic nitrogens is 2. The van der Waals surface area contributed by atoms with Gasteiger partial charge in [0.15, 0.2) is 17.3 Å². The summed E-state index contributed by atoms with van der Waals surface area (Å²) in [5, 5.41) is 6.98. The third kappa shape index (κ3) is 3.63. The van der Waals surface area contributed by atoms with Crippen molar-refractivity contribution in [3.8, 4) is 5.75 Å². The van der Waals surface area contributed by atoms with Crippen LogP contribution >= 0.6 is 0 Å². The summed E-state index contributed by atoms with van der Waals surface area (Å²) in [6.45, 7) is 2.90. The van der Waals surface area contributed by atoms with E-state index in [0.29, 0.717) is 17.9 Å². The molecule has 6 heteroatoms. The van der Waals surface area contributed by atoms with E-state index in [1.807, 2.05) is 17.0 Å². The Morgan fingerprint density at radius 1 is 1.25 bits per heavy atom. The van der Waals surface area contributed by atoms with Crippen LogP contribution in [0.3, 0.4) is 0 Å². The van der Waals surface area contributed by atoms with Gasteiger partial charge in [-0.15, -0.1) is 0 Å². The summed E-state index contributed by atoms with van der Waals surface area (Å²) in [6, 6.07) is 16.2. The van der Waals surface area contributed by atoms with Gasteiger partial charge in [0.25, 0.3) is 5.91 Å². The van der Waals surface area contributed by atoms with E-state index in [1.54, 1.807) is 24.3 Å². The fourth-order valence-electron chi connectivity index (χ4n) is 3.70. The molecule has 0 radical (unpaired) electrons. The Hall–Kier alpha value is -3.15. The summed E-state index contributed by atoms with van der Waals surface area (Å²) in [4.78, 5) is 14.9. The molecular formula is C22H22FN3O2. The van der Waals surface area contributed by atoms with E-state index in [-0.39, 0.29) is 24.3 Å². The Morgan fingerprint density at radius 2 is 2.04 bits per heavy atom. The molecular weight excluding hydrogens is 357 g/mol. The molecule has 0 saturated carbocycles. The number of benzene rings is 2. The predicted octanol–water partition coefficient (Wildman–Crippen LogP) is 4.41. The van der Waals surface area contributed by atoms with E-state index in [4.69, 9.17) is 4.74 Å². The quantitative estimate of drug-likeness (QED) is 0.714. The molecule has 1 aromatic heterocycles. The number of halogens is 1. The highest BCUT2D eigenvalue weighted by atomic mass is 19.1. The highest BCUT2D eigenvalue weighted by Crippen LogP contribution is 2.34. The van der Waals surface area contributed by atoms with Crippen molar-refractivity contribution >= 4 is 5.91 Å². The number of carbonyl (C=O) groups is 1. The van der Waals surface area contributed by atoms with Crippen LogP contribution in [0.2, 0.25) is 0 Å². The number of para-hydroxylation sites is 1. The van der Waals surface area contributed by atoms with Crippen LogP contribution < -0.4 is 4.74 Å². The lowest BCUT2D eigenvalue weighted by atomic mass is 9.99. The van der Waals surface area contributed by atoms with Gasteiger partial charge in [-0.3, -0.25) is 9.89 Å². The van der Waals surface area contributed by atoms with Crippen molar-refractivity contribution in [2.24, 2.45) is 0 Å². The molecule has 0 aliphatic carbocycles. The van der Waals surface area contributed by atoms with Crippen molar-refractivity contribution in [2.75, 3.05) is 6.54 Å². The van der Waals surface area contributed by atoms with Gasteiger partial charge in [0.2, 0.25) is 0 Å². The average Bonchev–Trinajstić information content (AvgIpc) is 3.37.